The van der Waals surface area contributed by atoms with Crippen LogP contribution >= 0.6 is 0 Å². The number of sulfonamides is 1. The van der Waals surface area contributed by atoms with E-state index in [1.165, 1.54) is 10.6 Å². The number of aromatic nitrogens is 1. The molecule has 1 aromatic rings. The molecule has 0 saturated carbocycles. The molecule has 1 unspecified atom stereocenters. The summed E-state index contributed by atoms with van der Waals surface area (Å²) in [4.78, 5) is 3.94. The Hall–Kier alpha value is -1.34. The summed E-state index contributed by atoms with van der Waals surface area (Å²) in [6.07, 6.45) is 4.68. The number of hydrogen-bond donors (Lipinski definition) is 1. The van der Waals surface area contributed by atoms with Crippen molar-refractivity contribution in [1.29, 1.82) is 0 Å². The Morgan fingerprint density at radius 2 is 2.37 bits per heavy atom. The number of nitrogens with two attached hydrogens (primary N) is 1. The summed E-state index contributed by atoms with van der Waals surface area (Å²) >= 11 is 0. The van der Waals surface area contributed by atoms with E-state index in [4.69, 9.17) is 10.5 Å². The second-order valence-corrected chi connectivity index (χ2v) is 6.81. The van der Waals surface area contributed by atoms with E-state index in [2.05, 4.69) is 4.98 Å². The molecule has 1 aliphatic rings. The summed E-state index contributed by atoms with van der Waals surface area (Å²) in [5, 5.41) is 0. The molecule has 19 heavy (non-hydrogen) atoms. The van der Waals surface area contributed by atoms with Crippen LogP contribution in [0.25, 0.3) is 0 Å². The van der Waals surface area contributed by atoms with Crippen molar-refractivity contribution in [1.82, 2.24) is 9.29 Å². The van der Waals surface area contributed by atoms with Crippen molar-refractivity contribution in [3.63, 3.8) is 0 Å². The lowest BCUT2D eigenvalue weighted by atomic mass is 10.0. The van der Waals surface area contributed by atoms with Crippen molar-refractivity contribution in [3.8, 4) is 5.75 Å². The van der Waals surface area contributed by atoms with Gasteiger partial charge in [0.25, 0.3) is 0 Å². The lowest BCUT2D eigenvalue weighted by Gasteiger charge is -2.30. The van der Waals surface area contributed by atoms with Gasteiger partial charge in [-0.05, 0) is 25.0 Å². The van der Waals surface area contributed by atoms with Crippen LogP contribution in [-0.4, -0.2) is 43.7 Å². The molecular formula is C12H19N3O3S. The molecule has 2 N–H and O–H groups in total. The molecule has 2 heterocycles. The fraction of sp³-hybridized carbons (Fsp3) is 0.583. The van der Waals surface area contributed by atoms with Gasteiger partial charge in [-0.1, -0.05) is 0 Å². The fourth-order valence-electron chi connectivity index (χ4n) is 2.20. The van der Waals surface area contributed by atoms with E-state index in [-0.39, 0.29) is 5.92 Å². The minimum absolute atomic E-state index is 0.197. The van der Waals surface area contributed by atoms with Gasteiger partial charge in [0.2, 0.25) is 10.0 Å². The summed E-state index contributed by atoms with van der Waals surface area (Å²) < 4.78 is 30.2. The molecule has 0 amide bonds. The molecule has 1 aliphatic heterocycles. The topological polar surface area (TPSA) is 85.5 Å². The molecule has 1 saturated heterocycles. The molecule has 1 fully saturated rings. The van der Waals surface area contributed by atoms with Gasteiger partial charge in [0.15, 0.2) is 11.6 Å². The molecule has 0 spiro atoms. The van der Waals surface area contributed by atoms with Crippen LogP contribution in [0.3, 0.4) is 0 Å². The number of nitrogens with zero attached hydrogens (tertiary/aromatic N) is 2. The van der Waals surface area contributed by atoms with E-state index in [1.54, 1.807) is 18.3 Å². The number of piperidine rings is 1. The Bertz CT molecular complexity index is 533. The lowest BCUT2D eigenvalue weighted by Crippen LogP contribution is -2.40. The maximum atomic E-state index is 11.5. The Labute approximate surface area is 113 Å². The van der Waals surface area contributed by atoms with Gasteiger partial charge in [0.1, 0.15) is 0 Å². The van der Waals surface area contributed by atoms with Crippen LogP contribution in [-0.2, 0) is 10.0 Å². The van der Waals surface area contributed by atoms with Crippen molar-refractivity contribution in [2.75, 3.05) is 31.7 Å². The third kappa shape index (κ3) is 3.81. The molecule has 1 aromatic heterocycles. The average Bonchev–Trinajstić information content (AvgIpc) is 2.37. The van der Waals surface area contributed by atoms with Crippen LogP contribution in [0.2, 0.25) is 0 Å². The van der Waals surface area contributed by atoms with Crippen molar-refractivity contribution >= 4 is 15.8 Å². The molecule has 106 valence electrons. The number of nitrogen functional groups attached to an aromatic ring is 1. The minimum Gasteiger partial charge on any atom is -0.489 e. The van der Waals surface area contributed by atoms with Gasteiger partial charge in [-0.2, -0.15) is 0 Å². The molecule has 2 rings (SSSR count). The maximum Gasteiger partial charge on any atom is 0.211 e. The number of anilines is 1. The lowest BCUT2D eigenvalue weighted by molar-refractivity contribution is 0.181. The minimum atomic E-state index is -3.11. The Morgan fingerprint density at radius 3 is 3.05 bits per heavy atom. The molecular weight excluding hydrogens is 266 g/mol. The van der Waals surface area contributed by atoms with Gasteiger partial charge in [0, 0.05) is 25.2 Å². The predicted octanol–water partition coefficient (Wildman–Crippen LogP) is 0.714. The summed E-state index contributed by atoms with van der Waals surface area (Å²) in [5.74, 6) is 1.11. The Morgan fingerprint density at radius 1 is 1.58 bits per heavy atom. The quantitative estimate of drug-likeness (QED) is 0.880. The molecule has 0 aliphatic carbocycles. The number of ether oxygens (including phenoxy) is 1. The second-order valence-electron chi connectivity index (χ2n) is 4.83. The molecule has 6 nitrogen and oxygen atoms in total. The largest absolute Gasteiger partial charge is 0.489 e. The maximum absolute atomic E-state index is 11.5. The zero-order chi connectivity index (χ0) is 13.9. The first-order valence-corrected chi connectivity index (χ1v) is 8.10. The van der Waals surface area contributed by atoms with Gasteiger partial charge in [-0.3, -0.25) is 0 Å². The molecule has 7 heteroatoms. The van der Waals surface area contributed by atoms with E-state index in [9.17, 15) is 8.42 Å². The first-order valence-electron chi connectivity index (χ1n) is 6.25. The first kappa shape index (κ1) is 14.1. The highest BCUT2D eigenvalue weighted by atomic mass is 32.2. The first-order chi connectivity index (χ1) is 8.97. The Balaban J connectivity index is 1.92. The number of pyridine rings is 1. The Kier molecular flexibility index (Phi) is 4.26. The van der Waals surface area contributed by atoms with E-state index < -0.39 is 10.0 Å². The zero-order valence-electron chi connectivity index (χ0n) is 10.9. The van der Waals surface area contributed by atoms with Gasteiger partial charge in [-0.25, -0.2) is 17.7 Å². The molecule has 1 atom stereocenters. The highest BCUT2D eigenvalue weighted by Gasteiger charge is 2.26. The van der Waals surface area contributed by atoms with Gasteiger partial charge in [-0.15, -0.1) is 0 Å². The number of rotatable bonds is 4. The van der Waals surface area contributed by atoms with Crippen molar-refractivity contribution in [2.45, 2.75) is 12.8 Å². The van der Waals surface area contributed by atoms with Crippen LogP contribution in [0.4, 0.5) is 5.82 Å². The second kappa shape index (κ2) is 5.75. The highest BCUT2D eigenvalue weighted by molar-refractivity contribution is 7.88. The normalized spacial score (nSPS) is 21.2. The van der Waals surface area contributed by atoms with E-state index in [0.29, 0.717) is 31.3 Å². The van der Waals surface area contributed by atoms with Crippen molar-refractivity contribution in [2.24, 2.45) is 5.92 Å². The van der Waals surface area contributed by atoms with E-state index >= 15 is 0 Å². The SMILES string of the molecule is CS(=O)(=O)N1CCCC(COc2cccnc2N)C1. The van der Waals surface area contributed by atoms with Crippen LogP contribution < -0.4 is 10.5 Å². The average molecular weight is 285 g/mol. The predicted molar refractivity (Wildman–Crippen MR) is 73.3 cm³/mol. The van der Waals surface area contributed by atoms with E-state index in [1.807, 2.05) is 0 Å². The molecule has 0 radical (unpaired) electrons. The zero-order valence-corrected chi connectivity index (χ0v) is 11.8. The standard InChI is InChI=1S/C12H19N3O3S/c1-19(16,17)15-7-3-4-10(8-15)9-18-11-5-2-6-14-12(11)13/h2,5-6,10H,3-4,7-9H2,1H3,(H2,13,14). The van der Waals surface area contributed by atoms with Gasteiger partial charge in [0.05, 0.1) is 12.9 Å². The van der Waals surface area contributed by atoms with Crippen molar-refractivity contribution < 1.29 is 13.2 Å². The highest BCUT2D eigenvalue weighted by Crippen LogP contribution is 2.22. The smallest absolute Gasteiger partial charge is 0.211 e. The van der Waals surface area contributed by atoms with Crippen LogP contribution in [0.1, 0.15) is 12.8 Å². The third-order valence-corrected chi connectivity index (χ3v) is 4.49. The third-order valence-electron chi connectivity index (χ3n) is 3.23. The summed E-state index contributed by atoms with van der Waals surface area (Å²) in [5.41, 5.74) is 5.69. The van der Waals surface area contributed by atoms with Gasteiger partial charge < -0.3 is 10.5 Å². The van der Waals surface area contributed by atoms with Gasteiger partial charge >= 0.3 is 0 Å². The van der Waals surface area contributed by atoms with Crippen molar-refractivity contribution in [3.05, 3.63) is 18.3 Å². The summed E-state index contributed by atoms with van der Waals surface area (Å²) in [6.45, 7) is 1.57. The van der Waals surface area contributed by atoms with Crippen LogP contribution in [0.5, 0.6) is 5.75 Å². The van der Waals surface area contributed by atoms with Crippen LogP contribution in [0.15, 0.2) is 18.3 Å². The van der Waals surface area contributed by atoms with Crippen LogP contribution in [0, 0.1) is 5.92 Å². The summed E-state index contributed by atoms with van der Waals surface area (Å²) in [7, 11) is -3.11. The molecule has 0 aromatic carbocycles. The molecule has 0 bridgehead atoms. The number of hydrogen-bond acceptors (Lipinski definition) is 5. The fourth-order valence-corrected chi connectivity index (χ4v) is 3.14. The summed E-state index contributed by atoms with van der Waals surface area (Å²) in [6, 6.07) is 3.52. The monoisotopic (exact) mass is 285 g/mol. The van der Waals surface area contributed by atoms with E-state index in [0.717, 1.165) is 12.8 Å².